The molecule has 1 fully saturated rings. The highest BCUT2D eigenvalue weighted by atomic mass is 16.5. The first-order chi connectivity index (χ1) is 9.67. The molecule has 1 aromatic rings. The Balaban J connectivity index is 1.69. The third-order valence-corrected chi connectivity index (χ3v) is 3.86. The molecule has 1 aromatic carbocycles. The monoisotopic (exact) mass is 279 g/mol. The lowest BCUT2D eigenvalue weighted by Crippen LogP contribution is -2.40. The van der Waals surface area contributed by atoms with E-state index in [0.717, 1.165) is 38.3 Å². The SMILES string of the molecule is Cc1cccc(OCC2CCN(CC(O)CO)CC2)c1. The third kappa shape index (κ3) is 4.78. The number of nitrogens with zero attached hydrogens (tertiary/aromatic N) is 1. The van der Waals surface area contributed by atoms with E-state index in [0.29, 0.717) is 12.5 Å². The largest absolute Gasteiger partial charge is 0.493 e. The van der Waals surface area contributed by atoms with Crippen LogP contribution in [0.25, 0.3) is 0 Å². The van der Waals surface area contributed by atoms with Gasteiger partial charge in [0.1, 0.15) is 5.75 Å². The van der Waals surface area contributed by atoms with Gasteiger partial charge in [-0.05, 0) is 56.5 Å². The van der Waals surface area contributed by atoms with Crippen molar-refractivity contribution in [1.82, 2.24) is 4.90 Å². The van der Waals surface area contributed by atoms with Crippen molar-refractivity contribution in [2.24, 2.45) is 5.92 Å². The van der Waals surface area contributed by atoms with Gasteiger partial charge in [0.25, 0.3) is 0 Å². The lowest BCUT2D eigenvalue weighted by atomic mass is 9.97. The number of benzene rings is 1. The Hall–Kier alpha value is -1.10. The average molecular weight is 279 g/mol. The number of rotatable bonds is 6. The molecule has 1 heterocycles. The van der Waals surface area contributed by atoms with Crippen molar-refractivity contribution < 1.29 is 14.9 Å². The van der Waals surface area contributed by atoms with Crippen LogP contribution < -0.4 is 4.74 Å². The van der Waals surface area contributed by atoms with Gasteiger partial charge in [0, 0.05) is 6.54 Å². The van der Waals surface area contributed by atoms with Crippen LogP contribution in [0.5, 0.6) is 5.75 Å². The molecule has 2 rings (SSSR count). The predicted octanol–water partition coefficient (Wildman–Crippen LogP) is 1.44. The van der Waals surface area contributed by atoms with Crippen molar-refractivity contribution >= 4 is 0 Å². The van der Waals surface area contributed by atoms with E-state index in [9.17, 15) is 5.11 Å². The Morgan fingerprint density at radius 1 is 1.35 bits per heavy atom. The molecule has 1 aliphatic heterocycles. The summed E-state index contributed by atoms with van der Waals surface area (Å²) in [5.74, 6) is 1.53. The van der Waals surface area contributed by atoms with Crippen molar-refractivity contribution in [2.45, 2.75) is 25.9 Å². The van der Waals surface area contributed by atoms with Crippen LogP contribution in [-0.4, -0.2) is 54.1 Å². The van der Waals surface area contributed by atoms with Crippen LogP contribution in [0.2, 0.25) is 0 Å². The molecule has 1 aliphatic rings. The Labute approximate surface area is 121 Å². The van der Waals surface area contributed by atoms with E-state index in [1.54, 1.807) is 0 Å². The Morgan fingerprint density at radius 2 is 2.10 bits per heavy atom. The molecule has 112 valence electrons. The molecule has 0 spiro atoms. The molecule has 1 unspecified atom stereocenters. The summed E-state index contributed by atoms with van der Waals surface area (Å²) >= 11 is 0. The number of piperidine rings is 1. The van der Waals surface area contributed by atoms with Gasteiger partial charge < -0.3 is 19.8 Å². The van der Waals surface area contributed by atoms with Crippen molar-refractivity contribution in [3.05, 3.63) is 29.8 Å². The highest BCUT2D eigenvalue weighted by molar-refractivity contribution is 5.27. The van der Waals surface area contributed by atoms with Crippen LogP contribution in [0.4, 0.5) is 0 Å². The molecule has 0 amide bonds. The first-order valence-electron chi connectivity index (χ1n) is 7.38. The van der Waals surface area contributed by atoms with Crippen LogP contribution in [0.15, 0.2) is 24.3 Å². The van der Waals surface area contributed by atoms with Gasteiger partial charge >= 0.3 is 0 Å². The molecule has 20 heavy (non-hydrogen) atoms. The molecule has 4 nitrogen and oxygen atoms in total. The number of likely N-dealkylation sites (tertiary alicyclic amines) is 1. The fraction of sp³-hybridized carbons (Fsp3) is 0.625. The van der Waals surface area contributed by atoms with Gasteiger partial charge in [-0.25, -0.2) is 0 Å². The van der Waals surface area contributed by atoms with Crippen molar-refractivity contribution in [3.8, 4) is 5.75 Å². The number of hydrogen-bond acceptors (Lipinski definition) is 4. The second-order valence-electron chi connectivity index (χ2n) is 5.71. The van der Waals surface area contributed by atoms with Gasteiger partial charge in [0.2, 0.25) is 0 Å². The van der Waals surface area contributed by atoms with Crippen LogP contribution >= 0.6 is 0 Å². The number of aliphatic hydroxyl groups excluding tert-OH is 2. The minimum absolute atomic E-state index is 0.156. The van der Waals surface area contributed by atoms with Crippen LogP contribution in [0, 0.1) is 12.8 Å². The number of aryl methyl sites for hydroxylation is 1. The van der Waals surface area contributed by atoms with E-state index in [4.69, 9.17) is 9.84 Å². The fourth-order valence-corrected chi connectivity index (χ4v) is 2.61. The maximum absolute atomic E-state index is 9.44. The van der Waals surface area contributed by atoms with Gasteiger partial charge in [0.15, 0.2) is 0 Å². The number of β-amino-alcohol motifs (C(OH)–C–C–N with tert-alkyl or cyclic N) is 1. The van der Waals surface area contributed by atoms with E-state index >= 15 is 0 Å². The molecular weight excluding hydrogens is 254 g/mol. The normalized spacial score (nSPS) is 18.9. The quantitative estimate of drug-likeness (QED) is 0.827. The van der Waals surface area contributed by atoms with E-state index in [-0.39, 0.29) is 6.61 Å². The van der Waals surface area contributed by atoms with Crippen LogP contribution in [0.3, 0.4) is 0 Å². The summed E-state index contributed by atoms with van der Waals surface area (Å²) in [6, 6.07) is 8.15. The standard InChI is InChI=1S/C16H25NO3/c1-13-3-2-4-16(9-13)20-12-14-5-7-17(8-6-14)10-15(19)11-18/h2-4,9,14-15,18-19H,5-8,10-12H2,1H3. The second kappa shape index (κ2) is 7.62. The Kier molecular flexibility index (Phi) is 5.83. The Bertz CT molecular complexity index is 402. The molecular formula is C16H25NO3. The van der Waals surface area contributed by atoms with E-state index in [1.807, 2.05) is 12.1 Å². The molecule has 2 N–H and O–H groups in total. The maximum atomic E-state index is 9.44. The molecule has 0 aromatic heterocycles. The van der Waals surface area contributed by atoms with Crippen LogP contribution in [-0.2, 0) is 0 Å². The summed E-state index contributed by atoms with van der Waals surface area (Å²) in [5.41, 5.74) is 1.22. The predicted molar refractivity (Wildman–Crippen MR) is 78.9 cm³/mol. The summed E-state index contributed by atoms with van der Waals surface area (Å²) in [5, 5.41) is 18.3. The summed E-state index contributed by atoms with van der Waals surface area (Å²) < 4.78 is 5.86. The molecule has 1 atom stereocenters. The Morgan fingerprint density at radius 3 is 2.75 bits per heavy atom. The highest BCUT2D eigenvalue weighted by Crippen LogP contribution is 2.20. The topological polar surface area (TPSA) is 52.9 Å². The second-order valence-corrected chi connectivity index (χ2v) is 5.71. The average Bonchev–Trinajstić information content (AvgIpc) is 2.46. The zero-order valence-corrected chi connectivity index (χ0v) is 12.2. The van der Waals surface area contributed by atoms with Crippen molar-refractivity contribution in [1.29, 1.82) is 0 Å². The molecule has 0 bridgehead atoms. The molecule has 0 saturated carbocycles. The fourth-order valence-electron chi connectivity index (χ4n) is 2.61. The minimum atomic E-state index is -0.616. The maximum Gasteiger partial charge on any atom is 0.119 e. The molecule has 4 heteroatoms. The molecule has 0 radical (unpaired) electrons. The van der Waals surface area contributed by atoms with Gasteiger partial charge in [-0.2, -0.15) is 0 Å². The van der Waals surface area contributed by atoms with Crippen molar-refractivity contribution in [3.63, 3.8) is 0 Å². The summed E-state index contributed by atoms with van der Waals surface area (Å²) in [7, 11) is 0. The third-order valence-electron chi connectivity index (χ3n) is 3.86. The summed E-state index contributed by atoms with van der Waals surface area (Å²) in [6.45, 7) is 5.19. The lowest BCUT2D eigenvalue weighted by Gasteiger charge is -2.32. The van der Waals surface area contributed by atoms with Gasteiger partial charge in [0.05, 0.1) is 19.3 Å². The van der Waals surface area contributed by atoms with Gasteiger partial charge in [-0.3, -0.25) is 0 Å². The first kappa shape index (κ1) is 15.3. The number of aliphatic hydroxyl groups is 2. The first-order valence-corrected chi connectivity index (χ1v) is 7.38. The van der Waals surface area contributed by atoms with Crippen molar-refractivity contribution in [2.75, 3.05) is 32.8 Å². The lowest BCUT2D eigenvalue weighted by molar-refractivity contribution is 0.0433. The zero-order chi connectivity index (χ0) is 14.4. The summed E-state index contributed by atoms with van der Waals surface area (Å²) in [4.78, 5) is 2.21. The van der Waals surface area contributed by atoms with E-state index in [1.165, 1.54) is 5.56 Å². The summed E-state index contributed by atoms with van der Waals surface area (Å²) in [6.07, 6.45) is 1.56. The zero-order valence-electron chi connectivity index (χ0n) is 12.2. The van der Waals surface area contributed by atoms with E-state index < -0.39 is 6.10 Å². The van der Waals surface area contributed by atoms with E-state index in [2.05, 4.69) is 24.0 Å². The number of hydrogen-bond donors (Lipinski definition) is 2. The molecule has 0 aliphatic carbocycles. The number of ether oxygens (including phenoxy) is 1. The van der Waals surface area contributed by atoms with Crippen LogP contribution in [0.1, 0.15) is 18.4 Å². The van der Waals surface area contributed by atoms with Gasteiger partial charge in [-0.15, -0.1) is 0 Å². The highest BCUT2D eigenvalue weighted by Gasteiger charge is 2.21. The van der Waals surface area contributed by atoms with Gasteiger partial charge in [-0.1, -0.05) is 12.1 Å². The smallest absolute Gasteiger partial charge is 0.119 e. The molecule has 1 saturated heterocycles. The minimum Gasteiger partial charge on any atom is -0.493 e.